The third-order valence-corrected chi connectivity index (χ3v) is 3.65. The van der Waals surface area contributed by atoms with Gasteiger partial charge in [-0.15, -0.1) is 0 Å². The Labute approximate surface area is 126 Å². The van der Waals surface area contributed by atoms with E-state index < -0.39 is 0 Å². The average Bonchev–Trinajstić information content (AvgIpc) is 2.84. The van der Waals surface area contributed by atoms with Crippen LogP contribution in [0.15, 0.2) is 24.5 Å². The number of amides is 1. The minimum Gasteiger partial charge on any atom is -0.354 e. The molecule has 2 heterocycles. The molecule has 2 aromatic heterocycles. The van der Waals surface area contributed by atoms with Gasteiger partial charge in [0, 0.05) is 25.5 Å². The normalized spacial score (nSPS) is 11.2. The molecule has 0 saturated carbocycles. The molecule has 0 radical (unpaired) electrons. The molecule has 2 rings (SSSR count). The molecular weight excluding hydrogens is 264 g/mol. The number of hydrogen-bond donors (Lipinski definition) is 1. The zero-order valence-corrected chi connectivity index (χ0v) is 13.1. The van der Waals surface area contributed by atoms with Crippen LogP contribution in [0, 0.1) is 6.92 Å². The predicted octanol–water partition coefficient (Wildman–Crippen LogP) is 1.64. The number of likely N-dealkylation sites (N-methyl/N-ethyl adjacent to an activating group) is 1. The number of fused-ring (bicyclic) bond motifs is 1. The summed E-state index contributed by atoms with van der Waals surface area (Å²) in [7, 11) is 0. The average molecular weight is 288 g/mol. The van der Waals surface area contributed by atoms with Crippen LogP contribution in [0.3, 0.4) is 0 Å². The van der Waals surface area contributed by atoms with Crippen LogP contribution in [-0.4, -0.2) is 46.4 Å². The van der Waals surface area contributed by atoms with Crippen LogP contribution in [-0.2, 0) is 11.2 Å². The maximum absolute atomic E-state index is 11.9. The van der Waals surface area contributed by atoms with Crippen molar-refractivity contribution in [1.29, 1.82) is 0 Å². The van der Waals surface area contributed by atoms with Crippen LogP contribution < -0.4 is 5.32 Å². The van der Waals surface area contributed by atoms with Crippen LogP contribution in [0.2, 0.25) is 0 Å². The number of hydrogen-bond acceptors (Lipinski definition) is 3. The van der Waals surface area contributed by atoms with Crippen molar-refractivity contribution in [2.45, 2.75) is 27.2 Å². The summed E-state index contributed by atoms with van der Waals surface area (Å²) in [6, 6.07) is 4.05. The fourth-order valence-corrected chi connectivity index (χ4v) is 2.34. The fourth-order valence-electron chi connectivity index (χ4n) is 2.34. The van der Waals surface area contributed by atoms with Gasteiger partial charge >= 0.3 is 0 Å². The minimum absolute atomic E-state index is 0.0299. The van der Waals surface area contributed by atoms with E-state index in [9.17, 15) is 4.79 Å². The first-order valence-electron chi connectivity index (χ1n) is 7.55. The molecule has 1 amide bonds. The molecule has 2 aromatic rings. The molecule has 0 aliphatic rings. The van der Waals surface area contributed by atoms with E-state index in [1.807, 2.05) is 35.9 Å². The third kappa shape index (κ3) is 4.29. The monoisotopic (exact) mass is 288 g/mol. The highest BCUT2D eigenvalue weighted by molar-refractivity contribution is 5.78. The van der Waals surface area contributed by atoms with Gasteiger partial charge in [-0.05, 0) is 37.7 Å². The van der Waals surface area contributed by atoms with Crippen molar-refractivity contribution < 1.29 is 4.79 Å². The molecule has 21 heavy (non-hydrogen) atoms. The van der Waals surface area contributed by atoms with Gasteiger partial charge < -0.3 is 14.6 Å². The Hall–Kier alpha value is -1.88. The van der Waals surface area contributed by atoms with Crippen LogP contribution in [0.5, 0.6) is 0 Å². The highest BCUT2D eigenvalue weighted by Crippen LogP contribution is 2.08. The molecule has 5 nitrogen and oxygen atoms in total. The van der Waals surface area contributed by atoms with Gasteiger partial charge in [-0.2, -0.15) is 0 Å². The first-order valence-corrected chi connectivity index (χ1v) is 7.55. The van der Waals surface area contributed by atoms with E-state index in [1.165, 1.54) is 5.56 Å². The lowest BCUT2D eigenvalue weighted by atomic mass is 10.3. The maximum Gasteiger partial charge on any atom is 0.226 e. The first-order chi connectivity index (χ1) is 10.1. The van der Waals surface area contributed by atoms with Crippen molar-refractivity contribution in [3.8, 4) is 0 Å². The van der Waals surface area contributed by atoms with Crippen LogP contribution >= 0.6 is 0 Å². The molecular formula is C16H24N4O. The molecule has 0 aromatic carbocycles. The Bertz CT molecular complexity index is 601. The minimum atomic E-state index is 0.0299. The standard InChI is InChI=1S/C16H24N4O/c1-4-19(5-2)9-7-17-16(21)11-14-12-20-8-6-13(3)10-15(20)18-14/h6,8,10,12H,4-5,7,9,11H2,1-3H3,(H,17,21). The van der Waals surface area contributed by atoms with Gasteiger partial charge in [0.25, 0.3) is 0 Å². The Morgan fingerprint density at radius 1 is 1.38 bits per heavy atom. The second-order valence-corrected chi connectivity index (χ2v) is 5.26. The van der Waals surface area contributed by atoms with Gasteiger partial charge in [0.2, 0.25) is 5.91 Å². The van der Waals surface area contributed by atoms with Crippen LogP contribution in [0.25, 0.3) is 5.65 Å². The molecule has 114 valence electrons. The summed E-state index contributed by atoms with van der Waals surface area (Å²) in [6.45, 7) is 9.90. The zero-order chi connectivity index (χ0) is 15.2. The highest BCUT2D eigenvalue weighted by atomic mass is 16.1. The van der Waals surface area contributed by atoms with Crippen molar-refractivity contribution in [3.63, 3.8) is 0 Å². The second-order valence-electron chi connectivity index (χ2n) is 5.26. The fraction of sp³-hybridized carbons (Fsp3) is 0.500. The predicted molar refractivity (Wildman–Crippen MR) is 84.4 cm³/mol. The lowest BCUT2D eigenvalue weighted by Gasteiger charge is -2.17. The van der Waals surface area contributed by atoms with E-state index in [0.29, 0.717) is 13.0 Å². The Morgan fingerprint density at radius 3 is 2.86 bits per heavy atom. The Morgan fingerprint density at radius 2 is 2.14 bits per heavy atom. The van der Waals surface area contributed by atoms with Crippen molar-refractivity contribution in [1.82, 2.24) is 19.6 Å². The van der Waals surface area contributed by atoms with Gasteiger partial charge in [-0.25, -0.2) is 4.98 Å². The van der Waals surface area contributed by atoms with Crippen molar-refractivity contribution >= 4 is 11.6 Å². The van der Waals surface area contributed by atoms with Gasteiger partial charge in [0.15, 0.2) is 0 Å². The largest absolute Gasteiger partial charge is 0.354 e. The third-order valence-electron chi connectivity index (χ3n) is 3.65. The first kappa shape index (κ1) is 15.5. The Kier molecular flexibility index (Phi) is 5.33. The van der Waals surface area contributed by atoms with E-state index in [2.05, 4.69) is 29.0 Å². The summed E-state index contributed by atoms with van der Waals surface area (Å²) in [4.78, 5) is 18.7. The Balaban J connectivity index is 1.86. The molecule has 0 spiro atoms. The number of pyridine rings is 1. The van der Waals surface area contributed by atoms with Crippen LogP contribution in [0.4, 0.5) is 0 Å². The summed E-state index contributed by atoms with van der Waals surface area (Å²) in [6.07, 6.45) is 4.22. The summed E-state index contributed by atoms with van der Waals surface area (Å²) in [5.74, 6) is 0.0299. The number of carbonyl (C=O) groups excluding carboxylic acids is 1. The van der Waals surface area contributed by atoms with Crippen molar-refractivity contribution in [2.75, 3.05) is 26.2 Å². The SMILES string of the molecule is CCN(CC)CCNC(=O)Cc1cn2ccc(C)cc2n1. The van der Waals surface area contributed by atoms with E-state index in [0.717, 1.165) is 31.0 Å². The van der Waals surface area contributed by atoms with Crippen LogP contribution in [0.1, 0.15) is 25.1 Å². The van der Waals surface area contributed by atoms with E-state index in [4.69, 9.17) is 0 Å². The highest BCUT2D eigenvalue weighted by Gasteiger charge is 2.08. The van der Waals surface area contributed by atoms with Gasteiger partial charge in [0.05, 0.1) is 12.1 Å². The molecule has 0 unspecified atom stereocenters. The number of rotatable bonds is 7. The number of nitrogens with zero attached hydrogens (tertiary/aromatic N) is 3. The summed E-state index contributed by atoms with van der Waals surface area (Å²) in [5.41, 5.74) is 2.87. The number of aryl methyl sites for hydroxylation is 1. The second kappa shape index (κ2) is 7.22. The summed E-state index contributed by atoms with van der Waals surface area (Å²) >= 11 is 0. The topological polar surface area (TPSA) is 49.6 Å². The zero-order valence-electron chi connectivity index (χ0n) is 13.1. The molecule has 0 aliphatic heterocycles. The number of aromatic nitrogens is 2. The molecule has 0 saturated heterocycles. The summed E-state index contributed by atoms with van der Waals surface area (Å²) in [5, 5.41) is 2.96. The van der Waals surface area contributed by atoms with Crippen molar-refractivity contribution in [2.24, 2.45) is 0 Å². The van der Waals surface area contributed by atoms with Gasteiger partial charge in [-0.1, -0.05) is 13.8 Å². The molecule has 1 N–H and O–H groups in total. The van der Waals surface area contributed by atoms with Crippen molar-refractivity contribution in [3.05, 3.63) is 35.8 Å². The molecule has 0 aliphatic carbocycles. The van der Waals surface area contributed by atoms with Gasteiger partial charge in [-0.3, -0.25) is 4.79 Å². The van der Waals surface area contributed by atoms with E-state index in [-0.39, 0.29) is 5.91 Å². The molecule has 0 bridgehead atoms. The summed E-state index contributed by atoms with van der Waals surface area (Å²) < 4.78 is 1.95. The van der Waals surface area contributed by atoms with Gasteiger partial charge in [0.1, 0.15) is 5.65 Å². The maximum atomic E-state index is 11.9. The quantitative estimate of drug-likeness (QED) is 0.842. The number of carbonyl (C=O) groups is 1. The lowest BCUT2D eigenvalue weighted by Crippen LogP contribution is -2.35. The lowest BCUT2D eigenvalue weighted by molar-refractivity contribution is -0.120. The van der Waals surface area contributed by atoms with E-state index in [1.54, 1.807) is 0 Å². The van der Waals surface area contributed by atoms with E-state index >= 15 is 0 Å². The molecule has 0 atom stereocenters. The number of nitrogens with one attached hydrogen (secondary N) is 1. The molecule has 5 heteroatoms. The number of imidazole rings is 1. The molecule has 0 fully saturated rings. The smallest absolute Gasteiger partial charge is 0.226 e.